The zero-order valence-corrected chi connectivity index (χ0v) is 40.2. The first kappa shape index (κ1) is 54.0. The summed E-state index contributed by atoms with van der Waals surface area (Å²) in [6.45, 7) is 9.09. The smallest absolute Gasteiger partial charge is 0.242 e. The van der Waals surface area contributed by atoms with Crippen LogP contribution in [0.15, 0.2) is 136 Å². The van der Waals surface area contributed by atoms with Gasteiger partial charge in [0.15, 0.2) is 19.7 Å². The summed E-state index contributed by atoms with van der Waals surface area (Å²) in [6, 6.07) is 34.6. The molecule has 0 spiro atoms. The molecule has 0 amide bonds. The van der Waals surface area contributed by atoms with E-state index in [2.05, 4.69) is 114 Å². The quantitative estimate of drug-likeness (QED) is 0.0711. The highest BCUT2D eigenvalue weighted by atomic mass is 79.9. The molecule has 0 saturated heterocycles. The number of hydrogen-bond acceptors (Lipinski definition) is 12. The van der Waals surface area contributed by atoms with Crippen molar-refractivity contribution in [2.45, 2.75) is 75.1 Å². The number of benzene rings is 3. The molecule has 0 fully saturated rings. The van der Waals surface area contributed by atoms with Gasteiger partial charge in [0.25, 0.3) is 0 Å². The number of rotatable bonds is 12. The lowest BCUT2D eigenvalue weighted by Gasteiger charge is -2.04. The number of thiophene rings is 3. The Hall–Kier alpha value is -2.01. The summed E-state index contributed by atoms with van der Waals surface area (Å²) < 4.78 is 50.0. The molecule has 3 aromatic heterocycles. The molecule has 0 saturated carbocycles. The van der Waals surface area contributed by atoms with E-state index in [1.54, 1.807) is 41.7 Å². The Balaban J connectivity index is 0.000000407. The molecule has 58 heavy (non-hydrogen) atoms. The molecule has 3 aromatic carbocycles. The third-order valence-electron chi connectivity index (χ3n) is 7.39. The van der Waals surface area contributed by atoms with Gasteiger partial charge >= 0.3 is 0 Å². The first-order valence-electron chi connectivity index (χ1n) is 16.7. The van der Waals surface area contributed by atoms with Crippen LogP contribution in [0.2, 0.25) is 0 Å². The summed E-state index contributed by atoms with van der Waals surface area (Å²) >= 11 is 17.4. The maximum atomic E-state index is 12.3. The van der Waals surface area contributed by atoms with Crippen molar-refractivity contribution in [1.29, 1.82) is 0 Å². The van der Waals surface area contributed by atoms with E-state index in [-0.39, 0.29) is 29.7 Å². The SMILES string of the molecule is C.C.CCc1ccc(SCc2ccc(SC)cc2)s1.CS(=O)(=O)c1ccc(CS(=O)(=O)c2ccc(CN)s2)cc1.CSc1ccc(CS)cc1.[C-]#[N+]c1ccc(Br)s1. The van der Waals surface area contributed by atoms with Crippen molar-refractivity contribution >= 4 is 123 Å². The summed E-state index contributed by atoms with van der Waals surface area (Å²) in [5.41, 5.74) is 8.70. The zero-order valence-electron chi connectivity index (χ0n) is 31.2. The van der Waals surface area contributed by atoms with Crippen molar-refractivity contribution in [3.8, 4) is 0 Å². The Morgan fingerprint density at radius 1 is 0.724 bits per heavy atom. The van der Waals surface area contributed by atoms with Crippen molar-refractivity contribution in [2.24, 2.45) is 5.73 Å². The summed E-state index contributed by atoms with van der Waals surface area (Å²) in [5, 5.41) is 0.733. The van der Waals surface area contributed by atoms with Crippen LogP contribution in [0.4, 0.5) is 5.00 Å². The minimum Gasteiger partial charge on any atom is -0.326 e. The van der Waals surface area contributed by atoms with Crippen molar-refractivity contribution in [3.05, 3.63) is 151 Å². The summed E-state index contributed by atoms with van der Waals surface area (Å²) in [6.07, 6.45) is 6.45. The fraction of sp³-hybridized carbons (Fsp3) is 0.262. The molecular formula is C42H51BrN2O4S9. The molecule has 0 radical (unpaired) electrons. The van der Waals surface area contributed by atoms with Crippen LogP contribution in [0, 0.1) is 6.57 Å². The van der Waals surface area contributed by atoms with Gasteiger partial charge in [0.1, 0.15) is 4.21 Å². The van der Waals surface area contributed by atoms with E-state index in [9.17, 15) is 16.8 Å². The third kappa shape index (κ3) is 19.1. The molecule has 0 bridgehead atoms. The molecule has 6 aromatic rings. The number of nitrogens with zero attached hydrogens (tertiary/aromatic N) is 1. The van der Waals surface area contributed by atoms with Gasteiger partial charge < -0.3 is 5.73 Å². The zero-order chi connectivity index (χ0) is 41.1. The van der Waals surface area contributed by atoms with Crippen molar-refractivity contribution in [2.75, 3.05) is 18.8 Å². The number of thiol groups is 1. The summed E-state index contributed by atoms with van der Waals surface area (Å²) in [7, 11) is -6.71. The molecule has 6 nitrogen and oxygen atoms in total. The van der Waals surface area contributed by atoms with Gasteiger partial charge in [-0.05, 0) is 124 Å². The number of nitrogens with two attached hydrogens (primary N) is 1. The minimum atomic E-state index is -3.44. The summed E-state index contributed by atoms with van der Waals surface area (Å²) in [5.74, 6) is 1.73. The van der Waals surface area contributed by atoms with Crippen LogP contribution in [0.25, 0.3) is 4.85 Å². The molecule has 0 atom stereocenters. The predicted octanol–water partition coefficient (Wildman–Crippen LogP) is 14.1. The standard InChI is InChI=1S/C14H16S3.C13H15NO4S3.C8H10S2.C5H2BrNS.2CH4/c1-3-12-8-9-14(17-12)16-10-11-4-6-13(15-2)7-5-11;1-20(15,16)12-5-2-10(3-6-12)9-21(17,18)13-7-4-11(8-14)19-13;1-10-8-4-2-7(6-9)3-5-8;1-7-5-3-2-4(6)8-5;;/h4-9H,3,10H2,1-2H3;2-7H,8-9,14H2,1H3;2-5,9H,6H2,1H3;2-3H;2*1H4. The molecule has 0 aliphatic rings. The highest BCUT2D eigenvalue weighted by Crippen LogP contribution is 2.31. The van der Waals surface area contributed by atoms with Crippen LogP contribution < -0.4 is 5.73 Å². The predicted molar refractivity (Wildman–Crippen MR) is 267 cm³/mol. The monoisotopic (exact) mass is 1010 g/mol. The fourth-order valence-electron chi connectivity index (χ4n) is 4.36. The van der Waals surface area contributed by atoms with E-state index in [0.717, 1.165) is 49.2 Å². The lowest BCUT2D eigenvalue weighted by atomic mass is 10.2. The van der Waals surface area contributed by atoms with E-state index in [0.29, 0.717) is 12.1 Å². The van der Waals surface area contributed by atoms with E-state index >= 15 is 0 Å². The fourth-order valence-corrected chi connectivity index (χ4v) is 11.9. The van der Waals surface area contributed by atoms with E-state index in [1.807, 2.05) is 29.2 Å². The summed E-state index contributed by atoms with van der Waals surface area (Å²) in [4.78, 5) is 8.33. The number of thioether (sulfide) groups is 3. The van der Waals surface area contributed by atoms with Crippen LogP contribution >= 0.6 is 97.9 Å². The van der Waals surface area contributed by atoms with Gasteiger partial charge in [-0.1, -0.05) is 58.2 Å². The van der Waals surface area contributed by atoms with Crippen LogP contribution in [0.5, 0.6) is 0 Å². The molecule has 0 aliphatic carbocycles. The second-order valence-corrected chi connectivity index (χ2v) is 23.9. The van der Waals surface area contributed by atoms with Gasteiger partial charge in [-0.2, -0.15) is 12.6 Å². The Morgan fingerprint density at radius 2 is 1.28 bits per heavy atom. The topological polar surface area (TPSA) is 98.7 Å². The first-order valence-corrected chi connectivity index (χ1v) is 27.6. The van der Waals surface area contributed by atoms with E-state index in [1.165, 1.54) is 65.6 Å². The van der Waals surface area contributed by atoms with Gasteiger partial charge in [0, 0.05) is 43.9 Å². The number of hydrogen-bond donors (Lipinski definition) is 2. The lowest BCUT2D eigenvalue weighted by molar-refractivity contribution is 0.597. The molecule has 16 heteroatoms. The van der Waals surface area contributed by atoms with E-state index in [4.69, 9.17) is 12.3 Å². The molecule has 2 N–H and O–H groups in total. The Bertz CT molecular complexity index is 2310. The maximum Gasteiger partial charge on any atom is 0.242 e. The first-order chi connectivity index (χ1) is 26.7. The van der Waals surface area contributed by atoms with Gasteiger partial charge in [-0.25, -0.2) is 21.7 Å². The van der Waals surface area contributed by atoms with Gasteiger partial charge in [-0.3, -0.25) is 0 Å². The molecule has 6 rings (SSSR count). The average Bonchev–Trinajstić information content (AvgIpc) is 3.99. The third-order valence-corrected chi connectivity index (χ3v) is 17.8. The minimum absolute atomic E-state index is 0. The number of sulfone groups is 2. The molecule has 314 valence electrons. The Morgan fingerprint density at radius 3 is 1.69 bits per heavy atom. The van der Waals surface area contributed by atoms with Crippen LogP contribution in [-0.4, -0.2) is 35.6 Å². The average molecular weight is 1020 g/mol. The lowest BCUT2D eigenvalue weighted by Crippen LogP contribution is -2.04. The second-order valence-electron chi connectivity index (χ2n) is 11.5. The second kappa shape index (κ2) is 27.8. The van der Waals surface area contributed by atoms with Crippen molar-refractivity contribution in [3.63, 3.8) is 0 Å². The van der Waals surface area contributed by atoms with E-state index < -0.39 is 19.7 Å². The van der Waals surface area contributed by atoms with Gasteiger partial charge in [0.05, 0.1) is 25.2 Å². The van der Waals surface area contributed by atoms with Gasteiger partial charge in [0.2, 0.25) is 5.00 Å². The molecule has 3 heterocycles. The normalized spacial score (nSPS) is 10.5. The largest absolute Gasteiger partial charge is 0.326 e. The van der Waals surface area contributed by atoms with Crippen molar-refractivity contribution in [1.82, 2.24) is 0 Å². The Labute approximate surface area is 386 Å². The molecular weight excluding hydrogens is 965 g/mol. The maximum absolute atomic E-state index is 12.3. The Kier molecular flexibility index (Phi) is 25.8. The van der Waals surface area contributed by atoms with Crippen LogP contribution in [0.1, 0.15) is 48.2 Å². The molecule has 0 unspecified atom stereocenters. The number of aryl methyl sites for hydroxylation is 1. The van der Waals surface area contributed by atoms with Crippen molar-refractivity contribution < 1.29 is 16.8 Å². The highest BCUT2D eigenvalue weighted by Gasteiger charge is 2.18. The van der Waals surface area contributed by atoms with Crippen LogP contribution in [-0.2, 0) is 49.9 Å². The van der Waals surface area contributed by atoms with Crippen LogP contribution in [0.3, 0.4) is 0 Å². The highest BCUT2D eigenvalue weighted by molar-refractivity contribution is 9.11. The number of halogens is 1. The van der Waals surface area contributed by atoms with Gasteiger partial charge in [-0.15, -0.1) is 69.3 Å². The molecule has 0 aliphatic heterocycles.